The predicted octanol–water partition coefficient (Wildman–Crippen LogP) is 4.52. The van der Waals surface area contributed by atoms with Gasteiger partial charge in [0.1, 0.15) is 0 Å². The molecule has 4 nitrogen and oxygen atoms in total. The monoisotopic (exact) mass is 416 g/mol. The molecule has 0 aliphatic heterocycles. The van der Waals surface area contributed by atoms with Crippen molar-refractivity contribution in [3.63, 3.8) is 0 Å². The van der Waals surface area contributed by atoms with E-state index in [0.717, 1.165) is 44.2 Å². The Hall–Kier alpha value is -1.66. The average molecular weight is 418 g/mol. The first kappa shape index (κ1) is 14.0. The first-order valence-electron chi connectivity index (χ1n) is 6.76. The Balaban J connectivity index is 2.32. The number of alkyl halides is 2. The topological polar surface area (TPSA) is 51.6 Å². The largest absolute Gasteiger partial charge is 0.254 e. The van der Waals surface area contributed by atoms with Crippen LogP contribution < -0.4 is 0 Å². The summed E-state index contributed by atoms with van der Waals surface area (Å²) >= 11 is 6.99. The van der Waals surface area contributed by atoms with Crippen molar-refractivity contribution in [2.24, 2.45) is 0 Å². The summed E-state index contributed by atoms with van der Waals surface area (Å²) in [5.74, 6) is 0. The number of halogens is 2. The summed E-state index contributed by atoms with van der Waals surface area (Å²) in [5, 5.41) is 3.31. The predicted molar refractivity (Wildman–Crippen MR) is 95.4 cm³/mol. The highest BCUT2D eigenvalue weighted by Gasteiger charge is 2.15. The second kappa shape index (κ2) is 5.52. The van der Waals surface area contributed by atoms with Crippen LogP contribution >= 0.6 is 31.9 Å². The molecular formula is C16H10Br2N4. The molecule has 0 amide bonds. The molecule has 0 saturated heterocycles. The summed E-state index contributed by atoms with van der Waals surface area (Å²) in [7, 11) is 0. The van der Waals surface area contributed by atoms with Gasteiger partial charge in [-0.1, -0.05) is 31.9 Å². The van der Waals surface area contributed by atoms with Crippen molar-refractivity contribution in [2.75, 3.05) is 0 Å². The van der Waals surface area contributed by atoms with Gasteiger partial charge in [-0.2, -0.15) is 0 Å². The third-order valence-electron chi connectivity index (χ3n) is 3.65. The quantitative estimate of drug-likeness (QED) is 0.355. The van der Waals surface area contributed by atoms with Crippen LogP contribution in [-0.4, -0.2) is 19.9 Å². The summed E-state index contributed by atoms with van der Waals surface area (Å²) < 4.78 is 0. The fourth-order valence-corrected chi connectivity index (χ4v) is 3.56. The van der Waals surface area contributed by atoms with Gasteiger partial charge in [0.2, 0.25) is 0 Å². The van der Waals surface area contributed by atoms with E-state index in [1.54, 1.807) is 12.4 Å². The van der Waals surface area contributed by atoms with E-state index in [2.05, 4.69) is 41.8 Å². The third kappa shape index (κ3) is 2.01. The Morgan fingerprint density at radius 2 is 1.14 bits per heavy atom. The lowest BCUT2D eigenvalue weighted by molar-refractivity contribution is 1.09. The molecule has 108 valence electrons. The van der Waals surface area contributed by atoms with Crippen molar-refractivity contribution in [1.29, 1.82) is 0 Å². The van der Waals surface area contributed by atoms with Gasteiger partial charge in [-0.05, 0) is 24.3 Å². The lowest BCUT2D eigenvalue weighted by atomic mass is 10.1. The van der Waals surface area contributed by atoms with Crippen LogP contribution in [0.25, 0.3) is 32.8 Å². The number of hydrogen-bond acceptors (Lipinski definition) is 4. The van der Waals surface area contributed by atoms with Crippen LogP contribution in [-0.2, 0) is 10.7 Å². The second-order valence-corrected chi connectivity index (χ2v) is 6.00. The van der Waals surface area contributed by atoms with E-state index in [4.69, 9.17) is 9.97 Å². The van der Waals surface area contributed by atoms with Crippen molar-refractivity contribution in [3.8, 4) is 0 Å². The van der Waals surface area contributed by atoms with Crippen LogP contribution in [0.2, 0.25) is 0 Å². The Kier molecular flexibility index (Phi) is 3.50. The van der Waals surface area contributed by atoms with Gasteiger partial charge < -0.3 is 0 Å². The van der Waals surface area contributed by atoms with Crippen LogP contribution in [0.1, 0.15) is 11.4 Å². The zero-order valence-corrected chi connectivity index (χ0v) is 14.6. The molecule has 0 aliphatic rings. The summed E-state index contributed by atoms with van der Waals surface area (Å²) in [4.78, 5) is 18.7. The Morgan fingerprint density at radius 1 is 0.682 bits per heavy atom. The molecular weight excluding hydrogens is 408 g/mol. The SMILES string of the molecule is BrCc1nc2c3cccnc3c3ncccc3c2nc1CBr. The second-order valence-electron chi connectivity index (χ2n) is 4.88. The number of benzene rings is 1. The van der Waals surface area contributed by atoms with Gasteiger partial charge in [0.05, 0.1) is 33.5 Å². The van der Waals surface area contributed by atoms with E-state index >= 15 is 0 Å². The molecule has 0 unspecified atom stereocenters. The van der Waals surface area contributed by atoms with Gasteiger partial charge in [-0.25, -0.2) is 9.97 Å². The van der Waals surface area contributed by atoms with Crippen LogP contribution in [0.5, 0.6) is 0 Å². The van der Waals surface area contributed by atoms with Gasteiger partial charge in [0, 0.05) is 33.8 Å². The van der Waals surface area contributed by atoms with Crippen LogP contribution in [0.4, 0.5) is 0 Å². The molecule has 3 aromatic heterocycles. The molecule has 0 spiro atoms. The fourth-order valence-electron chi connectivity index (χ4n) is 2.66. The zero-order valence-electron chi connectivity index (χ0n) is 11.4. The Bertz CT molecular complexity index is 935. The number of aromatic nitrogens is 4. The average Bonchev–Trinajstić information content (AvgIpc) is 2.60. The van der Waals surface area contributed by atoms with Crippen LogP contribution in [0.15, 0.2) is 36.7 Å². The fraction of sp³-hybridized carbons (Fsp3) is 0.125. The number of rotatable bonds is 2. The lowest BCUT2D eigenvalue weighted by Gasteiger charge is -2.10. The van der Waals surface area contributed by atoms with E-state index in [9.17, 15) is 0 Å². The molecule has 0 aliphatic carbocycles. The first-order chi connectivity index (χ1) is 10.8. The molecule has 3 heterocycles. The molecule has 6 heteroatoms. The maximum atomic E-state index is 4.84. The molecule has 1 aromatic carbocycles. The first-order valence-corrected chi connectivity index (χ1v) is 9.00. The summed E-state index contributed by atoms with van der Waals surface area (Å²) in [6, 6.07) is 7.90. The van der Waals surface area contributed by atoms with Crippen LogP contribution in [0, 0.1) is 0 Å². The van der Waals surface area contributed by atoms with Gasteiger partial charge >= 0.3 is 0 Å². The summed E-state index contributed by atoms with van der Waals surface area (Å²) in [6.07, 6.45) is 3.57. The van der Waals surface area contributed by atoms with E-state index < -0.39 is 0 Å². The Labute approximate surface area is 143 Å². The third-order valence-corrected chi connectivity index (χ3v) is 4.72. The minimum absolute atomic E-state index is 0.670. The van der Waals surface area contributed by atoms with Crippen molar-refractivity contribution in [1.82, 2.24) is 19.9 Å². The molecule has 0 bridgehead atoms. The van der Waals surface area contributed by atoms with E-state index in [0.29, 0.717) is 10.7 Å². The van der Waals surface area contributed by atoms with Crippen molar-refractivity contribution in [2.45, 2.75) is 10.7 Å². The highest BCUT2D eigenvalue weighted by Crippen LogP contribution is 2.31. The number of nitrogens with zero attached hydrogens (tertiary/aromatic N) is 4. The molecule has 0 N–H and O–H groups in total. The smallest absolute Gasteiger partial charge is 0.0992 e. The van der Waals surface area contributed by atoms with Crippen molar-refractivity contribution >= 4 is 64.7 Å². The van der Waals surface area contributed by atoms with E-state index in [1.807, 2.05) is 24.3 Å². The van der Waals surface area contributed by atoms with Gasteiger partial charge in [0.25, 0.3) is 0 Å². The minimum atomic E-state index is 0.670. The molecule has 0 radical (unpaired) electrons. The summed E-state index contributed by atoms with van der Waals surface area (Å²) in [5.41, 5.74) is 5.38. The highest BCUT2D eigenvalue weighted by molar-refractivity contribution is 9.09. The maximum Gasteiger partial charge on any atom is 0.0992 e. The molecule has 0 atom stereocenters. The van der Waals surface area contributed by atoms with E-state index in [1.165, 1.54) is 0 Å². The standard InChI is InChI=1S/C16H10Br2N4/c17-7-11-12(8-18)22-16-10-4-2-6-20-14(10)13-9(15(16)21-11)3-1-5-19-13/h1-6H,7-8H2. The number of fused-ring (bicyclic) bond motifs is 6. The molecule has 4 aromatic rings. The number of pyridine rings is 2. The summed E-state index contributed by atoms with van der Waals surface area (Å²) in [6.45, 7) is 0. The lowest BCUT2D eigenvalue weighted by Crippen LogP contribution is -2.00. The zero-order chi connectivity index (χ0) is 15.1. The molecule has 0 saturated carbocycles. The highest BCUT2D eigenvalue weighted by atomic mass is 79.9. The number of hydrogen-bond donors (Lipinski definition) is 0. The molecule has 22 heavy (non-hydrogen) atoms. The van der Waals surface area contributed by atoms with E-state index in [-0.39, 0.29) is 0 Å². The van der Waals surface area contributed by atoms with Gasteiger partial charge in [0.15, 0.2) is 0 Å². The van der Waals surface area contributed by atoms with Crippen molar-refractivity contribution < 1.29 is 0 Å². The van der Waals surface area contributed by atoms with Crippen LogP contribution in [0.3, 0.4) is 0 Å². The minimum Gasteiger partial charge on any atom is -0.254 e. The molecule has 4 rings (SSSR count). The molecule has 0 fully saturated rings. The maximum absolute atomic E-state index is 4.84. The normalized spacial score (nSPS) is 11.5. The van der Waals surface area contributed by atoms with Crippen molar-refractivity contribution in [3.05, 3.63) is 48.0 Å². The van der Waals surface area contributed by atoms with Gasteiger partial charge in [-0.15, -0.1) is 0 Å². The Morgan fingerprint density at radius 3 is 1.55 bits per heavy atom. The van der Waals surface area contributed by atoms with Gasteiger partial charge in [-0.3, -0.25) is 9.97 Å².